The fourth-order valence-corrected chi connectivity index (χ4v) is 6.19. The highest BCUT2D eigenvalue weighted by atomic mass is 19.1. The summed E-state index contributed by atoms with van der Waals surface area (Å²) in [5, 5.41) is 10.4. The standard InChI is InChI=1S/C18H27FO/c1-18-9-8-14-13-5-3-12(19)10-11(13)2-4-15(14)16(18)6-7-17(18)20/h2,12-17,20H,3-10H2,1H3/t12-,13?,14?,15?,16?,17?,18-/m0/s1. The average molecular weight is 278 g/mol. The third-order valence-electron chi connectivity index (χ3n) is 7.34. The third kappa shape index (κ3) is 1.76. The predicted octanol–water partition coefficient (Wildman–Crippen LogP) is 4.26. The summed E-state index contributed by atoms with van der Waals surface area (Å²) in [6.07, 6.45) is 10.1. The molecular weight excluding hydrogens is 251 g/mol. The van der Waals surface area contributed by atoms with Crippen molar-refractivity contribution in [2.45, 2.75) is 70.6 Å². The number of hydrogen-bond acceptors (Lipinski definition) is 1. The van der Waals surface area contributed by atoms with E-state index in [1.54, 1.807) is 0 Å². The summed E-state index contributed by atoms with van der Waals surface area (Å²) in [6, 6.07) is 0. The molecule has 2 heteroatoms. The lowest BCUT2D eigenvalue weighted by molar-refractivity contribution is -0.0484. The van der Waals surface area contributed by atoms with Crippen LogP contribution in [0.15, 0.2) is 11.6 Å². The molecule has 0 amide bonds. The molecule has 0 bridgehead atoms. The van der Waals surface area contributed by atoms with Crippen LogP contribution >= 0.6 is 0 Å². The first-order valence-corrected chi connectivity index (χ1v) is 8.60. The fraction of sp³-hybridized carbons (Fsp3) is 0.889. The van der Waals surface area contributed by atoms with Crippen molar-refractivity contribution >= 4 is 0 Å². The van der Waals surface area contributed by atoms with Gasteiger partial charge >= 0.3 is 0 Å². The highest BCUT2D eigenvalue weighted by molar-refractivity contribution is 5.20. The van der Waals surface area contributed by atoms with E-state index in [9.17, 15) is 9.50 Å². The van der Waals surface area contributed by atoms with Crippen LogP contribution in [-0.2, 0) is 0 Å². The van der Waals surface area contributed by atoms with Gasteiger partial charge in [-0.3, -0.25) is 0 Å². The molecule has 5 unspecified atom stereocenters. The Hall–Kier alpha value is -0.370. The van der Waals surface area contributed by atoms with Gasteiger partial charge in [0, 0.05) is 0 Å². The molecule has 3 saturated carbocycles. The number of fused-ring (bicyclic) bond motifs is 5. The molecule has 4 rings (SSSR count). The largest absolute Gasteiger partial charge is 0.393 e. The molecule has 1 nitrogen and oxygen atoms in total. The third-order valence-corrected chi connectivity index (χ3v) is 7.34. The van der Waals surface area contributed by atoms with Crippen LogP contribution in [0.2, 0.25) is 0 Å². The van der Waals surface area contributed by atoms with Gasteiger partial charge in [-0.15, -0.1) is 0 Å². The van der Waals surface area contributed by atoms with Crippen molar-refractivity contribution in [1.29, 1.82) is 0 Å². The Morgan fingerprint density at radius 2 is 2.00 bits per heavy atom. The quantitative estimate of drug-likeness (QED) is 0.656. The van der Waals surface area contributed by atoms with Crippen molar-refractivity contribution in [3.63, 3.8) is 0 Å². The molecule has 4 aliphatic rings. The molecule has 0 aromatic rings. The molecular formula is C18H27FO. The van der Waals surface area contributed by atoms with E-state index in [2.05, 4.69) is 13.0 Å². The van der Waals surface area contributed by atoms with Crippen LogP contribution in [0.4, 0.5) is 4.39 Å². The SMILES string of the molecule is C[C@]12CCC3C4CC[C@H](F)CC4=CCC3C1CCC2O. The summed E-state index contributed by atoms with van der Waals surface area (Å²) in [5.41, 5.74) is 1.61. The number of alkyl halides is 1. The van der Waals surface area contributed by atoms with Gasteiger partial charge in [0.25, 0.3) is 0 Å². The summed E-state index contributed by atoms with van der Waals surface area (Å²) in [4.78, 5) is 0. The van der Waals surface area contributed by atoms with Crippen molar-refractivity contribution in [3.8, 4) is 0 Å². The van der Waals surface area contributed by atoms with Gasteiger partial charge in [0.2, 0.25) is 0 Å². The minimum absolute atomic E-state index is 0.0830. The van der Waals surface area contributed by atoms with Crippen LogP contribution in [0.5, 0.6) is 0 Å². The van der Waals surface area contributed by atoms with E-state index in [1.165, 1.54) is 24.8 Å². The molecule has 0 saturated heterocycles. The van der Waals surface area contributed by atoms with Crippen molar-refractivity contribution in [1.82, 2.24) is 0 Å². The Kier molecular flexibility index (Phi) is 3.03. The lowest BCUT2D eigenvalue weighted by atomic mass is 9.53. The Morgan fingerprint density at radius 1 is 1.15 bits per heavy atom. The van der Waals surface area contributed by atoms with Gasteiger partial charge < -0.3 is 5.11 Å². The van der Waals surface area contributed by atoms with Gasteiger partial charge in [0.05, 0.1) is 6.10 Å². The second-order valence-electron chi connectivity index (χ2n) is 8.07. The summed E-state index contributed by atoms with van der Waals surface area (Å²) in [5.74, 6) is 2.92. The topological polar surface area (TPSA) is 20.2 Å². The van der Waals surface area contributed by atoms with Crippen molar-refractivity contribution in [3.05, 3.63) is 11.6 Å². The molecule has 0 radical (unpaired) electrons. The Morgan fingerprint density at radius 3 is 2.85 bits per heavy atom. The van der Waals surface area contributed by atoms with Gasteiger partial charge in [0.15, 0.2) is 0 Å². The summed E-state index contributed by atoms with van der Waals surface area (Å²) >= 11 is 0. The molecule has 0 aromatic heterocycles. The van der Waals surface area contributed by atoms with Crippen LogP contribution in [0.3, 0.4) is 0 Å². The second kappa shape index (κ2) is 4.56. The van der Waals surface area contributed by atoms with Gasteiger partial charge in [0.1, 0.15) is 6.17 Å². The molecule has 7 atom stereocenters. The zero-order valence-electron chi connectivity index (χ0n) is 12.5. The maximum Gasteiger partial charge on any atom is 0.104 e. The number of aliphatic hydroxyl groups excluding tert-OH is 1. The van der Waals surface area contributed by atoms with Crippen molar-refractivity contribution < 1.29 is 9.50 Å². The van der Waals surface area contributed by atoms with Crippen LogP contribution < -0.4 is 0 Å². The fourth-order valence-electron chi connectivity index (χ4n) is 6.19. The molecule has 3 fully saturated rings. The molecule has 0 aliphatic heterocycles. The molecule has 0 aromatic carbocycles. The van der Waals surface area contributed by atoms with E-state index in [0.29, 0.717) is 18.3 Å². The van der Waals surface area contributed by atoms with E-state index < -0.39 is 6.17 Å². The van der Waals surface area contributed by atoms with Gasteiger partial charge in [-0.05, 0) is 80.5 Å². The Balaban J connectivity index is 1.62. The monoisotopic (exact) mass is 278 g/mol. The zero-order chi connectivity index (χ0) is 13.9. The van der Waals surface area contributed by atoms with E-state index in [1.807, 2.05) is 0 Å². The van der Waals surface area contributed by atoms with Crippen molar-refractivity contribution in [2.24, 2.45) is 29.1 Å². The van der Waals surface area contributed by atoms with E-state index in [0.717, 1.165) is 37.5 Å². The zero-order valence-corrected chi connectivity index (χ0v) is 12.5. The maximum absolute atomic E-state index is 13.6. The van der Waals surface area contributed by atoms with Crippen LogP contribution in [0.25, 0.3) is 0 Å². The number of halogens is 1. The van der Waals surface area contributed by atoms with Gasteiger partial charge in [-0.25, -0.2) is 4.39 Å². The number of aliphatic hydroxyl groups is 1. The first kappa shape index (κ1) is 13.3. The molecule has 1 N–H and O–H groups in total. The number of hydrogen-bond donors (Lipinski definition) is 1. The summed E-state index contributed by atoms with van der Waals surface area (Å²) < 4.78 is 13.6. The normalized spacial score (nSPS) is 54.6. The first-order valence-electron chi connectivity index (χ1n) is 8.60. The first-order chi connectivity index (χ1) is 9.59. The molecule has 4 aliphatic carbocycles. The van der Waals surface area contributed by atoms with Crippen LogP contribution in [0, 0.1) is 29.1 Å². The lowest BCUT2D eigenvalue weighted by Gasteiger charge is -2.53. The Bertz CT molecular complexity index is 431. The van der Waals surface area contributed by atoms with Gasteiger partial charge in [-0.1, -0.05) is 18.6 Å². The van der Waals surface area contributed by atoms with Gasteiger partial charge in [-0.2, -0.15) is 0 Å². The molecule has 112 valence electrons. The van der Waals surface area contributed by atoms with E-state index in [4.69, 9.17) is 0 Å². The van der Waals surface area contributed by atoms with E-state index >= 15 is 0 Å². The highest BCUT2D eigenvalue weighted by Gasteiger charge is 2.55. The highest BCUT2D eigenvalue weighted by Crippen LogP contribution is 2.61. The smallest absolute Gasteiger partial charge is 0.104 e. The average Bonchev–Trinajstić information content (AvgIpc) is 2.74. The Labute approximate surface area is 121 Å². The molecule has 0 spiro atoms. The lowest BCUT2D eigenvalue weighted by Crippen LogP contribution is -2.47. The maximum atomic E-state index is 13.6. The van der Waals surface area contributed by atoms with Crippen LogP contribution in [0.1, 0.15) is 58.3 Å². The minimum Gasteiger partial charge on any atom is -0.393 e. The predicted molar refractivity (Wildman–Crippen MR) is 78.0 cm³/mol. The number of allylic oxidation sites excluding steroid dienone is 2. The van der Waals surface area contributed by atoms with E-state index in [-0.39, 0.29) is 11.5 Å². The second-order valence-corrected chi connectivity index (χ2v) is 8.07. The number of rotatable bonds is 0. The minimum atomic E-state index is -0.587. The molecule has 20 heavy (non-hydrogen) atoms. The molecule has 0 heterocycles. The van der Waals surface area contributed by atoms with Crippen molar-refractivity contribution in [2.75, 3.05) is 0 Å². The summed E-state index contributed by atoms with van der Waals surface area (Å²) in [7, 11) is 0. The summed E-state index contributed by atoms with van der Waals surface area (Å²) in [6.45, 7) is 2.32. The van der Waals surface area contributed by atoms with Crippen LogP contribution in [-0.4, -0.2) is 17.4 Å².